The van der Waals surface area contributed by atoms with E-state index < -0.39 is 0 Å². The number of carbonyl (C=O) groups excluding carboxylic acids is 1. The van der Waals surface area contributed by atoms with Gasteiger partial charge in [-0.05, 0) is 43.3 Å². The zero-order valence-corrected chi connectivity index (χ0v) is 13.5. The molecule has 1 N–H and O–H groups in total. The topological polar surface area (TPSA) is 45.5 Å². The molecule has 0 spiro atoms. The van der Waals surface area contributed by atoms with Crippen LogP contribution < -0.4 is 5.32 Å². The third kappa shape index (κ3) is 2.21. The van der Waals surface area contributed by atoms with Gasteiger partial charge < -0.3 is 14.6 Å². The van der Waals surface area contributed by atoms with E-state index in [9.17, 15) is 4.79 Å². The van der Waals surface area contributed by atoms with E-state index in [1.54, 1.807) is 0 Å². The summed E-state index contributed by atoms with van der Waals surface area (Å²) < 4.78 is 5.94. The predicted octanol–water partition coefficient (Wildman–Crippen LogP) is 3.41. The molecule has 3 aliphatic heterocycles. The molecule has 6 rings (SSSR count). The van der Waals surface area contributed by atoms with E-state index in [0.717, 1.165) is 28.3 Å². The Balaban J connectivity index is 1.46. The molecule has 1 aromatic heterocycles. The van der Waals surface area contributed by atoms with Gasteiger partial charge in [-0.3, -0.25) is 4.79 Å². The van der Waals surface area contributed by atoms with Crippen molar-refractivity contribution in [3.8, 4) is 0 Å². The van der Waals surface area contributed by atoms with Crippen molar-refractivity contribution in [2.75, 3.05) is 19.6 Å². The van der Waals surface area contributed by atoms with Gasteiger partial charge in [-0.2, -0.15) is 0 Å². The average Bonchev–Trinajstić information content (AvgIpc) is 3.08. The summed E-state index contributed by atoms with van der Waals surface area (Å²) in [5, 5.41) is 6.36. The summed E-state index contributed by atoms with van der Waals surface area (Å²) in [6.07, 6.45) is 2.38. The fraction of sp³-hybridized carbons (Fsp3) is 0.350. The molecule has 1 atom stereocenters. The van der Waals surface area contributed by atoms with Gasteiger partial charge in [0.2, 0.25) is 0 Å². The normalized spacial score (nSPS) is 26.1. The molecule has 2 bridgehead atoms. The second-order valence-electron chi connectivity index (χ2n) is 7.03. The molecule has 2 aromatic carbocycles. The number of fused-ring (bicyclic) bond motifs is 6. The number of carbonyl (C=O) groups is 1. The monoisotopic (exact) mass is 320 g/mol. The van der Waals surface area contributed by atoms with Gasteiger partial charge in [0.15, 0.2) is 5.76 Å². The quantitative estimate of drug-likeness (QED) is 0.787. The Kier molecular flexibility index (Phi) is 3.13. The van der Waals surface area contributed by atoms with E-state index in [0.29, 0.717) is 11.7 Å². The smallest absolute Gasteiger partial charge is 0.287 e. The first-order chi connectivity index (χ1) is 11.8. The summed E-state index contributed by atoms with van der Waals surface area (Å²) in [4.78, 5) is 15.1. The van der Waals surface area contributed by atoms with Crippen LogP contribution in [0.4, 0.5) is 0 Å². The molecule has 3 fully saturated rings. The van der Waals surface area contributed by atoms with Crippen LogP contribution in [-0.4, -0.2) is 36.5 Å². The van der Waals surface area contributed by atoms with Crippen LogP contribution in [0.15, 0.2) is 46.9 Å². The van der Waals surface area contributed by atoms with Crippen molar-refractivity contribution >= 4 is 27.6 Å². The van der Waals surface area contributed by atoms with Crippen molar-refractivity contribution in [1.82, 2.24) is 10.2 Å². The lowest BCUT2D eigenvalue weighted by molar-refractivity contribution is 0.0607. The number of furan rings is 1. The van der Waals surface area contributed by atoms with Crippen LogP contribution in [-0.2, 0) is 0 Å². The van der Waals surface area contributed by atoms with Gasteiger partial charge in [-0.1, -0.05) is 36.4 Å². The maximum atomic E-state index is 12.7. The zero-order valence-electron chi connectivity index (χ0n) is 13.5. The molecule has 3 aliphatic rings. The van der Waals surface area contributed by atoms with Crippen LogP contribution in [0.25, 0.3) is 21.7 Å². The number of benzene rings is 2. The Bertz CT molecular complexity index is 922. The van der Waals surface area contributed by atoms with E-state index in [4.69, 9.17) is 4.42 Å². The highest BCUT2D eigenvalue weighted by molar-refractivity contribution is 6.07. The zero-order chi connectivity index (χ0) is 16.1. The molecule has 3 saturated heterocycles. The van der Waals surface area contributed by atoms with Gasteiger partial charge in [0, 0.05) is 23.4 Å². The largest absolute Gasteiger partial charge is 0.450 e. The van der Waals surface area contributed by atoms with Crippen molar-refractivity contribution in [3.05, 3.63) is 48.2 Å². The van der Waals surface area contributed by atoms with Gasteiger partial charge in [0.1, 0.15) is 5.58 Å². The highest BCUT2D eigenvalue weighted by Gasteiger charge is 2.35. The average molecular weight is 320 g/mol. The van der Waals surface area contributed by atoms with Gasteiger partial charge in [-0.15, -0.1) is 0 Å². The number of nitrogens with zero attached hydrogens (tertiary/aromatic N) is 1. The van der Waals surface area contributed by atoms with Crippen molar-refractivity contribution in [2.45, 2.75) is 18.9 Å². The predicted molar refractivity (Wildman–Crippen MR) is 94.1 cm³/mol. The minimum Gasteiger partial charge on any atom is -0.450 e. The standard InChI is InChI=1S/C20H20N2O2/c23-20(21-17-12-22-9-7-14(17)8-10-22)18-11-15-6-5-13-3-1-2-4-16(13)19(15)24-18/h1-6,11,14,17H,7-10,12H2,(H,21,23). The first-order valence-electron chi connectivity index (χ1n) is 8.72. The summed E-state index contributed by atoms with van der Waals surface area (Å²) >= 11 is 0. The van der Waals surface area contributed by atoms with Gasteiger partial charge in [0.05, 0.1) is 0 Å². The fourth-order valence-corrected chi connectivity index (χ4v) is 4.25. The van der Waals surface area contributed by atoms with Gasteiger partial charge in [-0.25, -0.2) is 0 Å². The molecule has 0 saturated carbocycles. The molecule has 4 nitrogen and oxygen atoms in total. The van der Waals surface area contributed by atoms with Crippen LogP contribution >= 0.6 is 0 Å². The lowest BCUT2D eigenvalue weighted by Crippen LogP contribution is -2.57. The number of hydrogen-bond acceptors (Lipinski definition) is 3. The second-order valence-corrected chi connectivity index (χ2v) is 7.03. The van der Waals surface area contributed by atoms with Crippen molar-refractivity contribution in [1.29, 1.82) is 0 Å². The number of rotatable bonds is 2. The number of nitrogens with one attached hydrogen (secondary N) is 1. The molecule has 1 amide bonds. The second kappa shape index (κ2) is 5.35. The Labute approximate surface area is 140 Å². The van der Waals surface area contributed by atoms with Crippen LogP contribution in [0.2, 0.25) is 0 Å². The molecule has 24 heavy (non-hydrogen) atoms. The van der Waals surface area contributed by atoms with E-state index in [1.807, 2.05) is 30.3 Å². The number of hydrogen-bond donors (Lipinski definition) is 1. The lowest BCUT2D eigenvalue weighted by atomic mass is 9.84. The molecule has 4 heterocycles. The molecule has 122 valence electrons. The summed E-state index contributed by atoms with van der Waals surface area (Å²) in [7, 11) is 0. The van der Waals surface area contributed by atoms with Crippen molar-refractivity contribution in [3.63, 3.8) is 0 Å². The maximum Gasteiger partial charge on any atom is 0.287 e. The lowest BCUT2D eigenvalue weighted by Gasteiger charge is -2.44. The number of amides is 1. The van der Waals surface area contributed by atoms with Crippen LogP contribution in [0.1, 0.15) is 23.4 Å². The minimum absolute atomic E-state index is 0.0889. The summed E-state index contributed by atoms with van der Waals surface area (Å²) in [5.41, 5.74) is 0.798. The van der Waals surface area contributed by atoms with Gasteiger partial charge >= 0.3 is 0 Å². The maximum absolute atomic E-state index is 12.7. The third-order valence-corrected chi connectivity index (χ3v) is 5.61. The molecule has 1 unspecified atom stereocenters. The summed E-state index contributed by atoms with van der Waals surface area (Å²) in [6, 6.07) is 14.3. The highest BCUT2D eigenvalue weighted by atomic mass is 16.3. The Morgan fingerprint density at radius 1 is 1.08 bits per heavy atom. The Morgan fingerprint density at radius 2 is 1.88 bits per heavy atom. The first kappa shape index (κ1) is 14.1. The summed E-state index contributed by atoms with van der Waals surface area (Å²) in [5.74, 6) is 0.941. The highest BCUT2D eigenvalue weighted by Crippen LogP contribution is 2.30. The minimum atomic E-state index is -0.0889. The van der Waals surface area contributed by atoms with Gasteiger partial charge in [0.25, 0.3) is 5.91 Å². The van der Waals surface area contributed by atoms with Crippen LogP contribution in [0.5, 0.6) is 0 Å². The molecular formula is C20H20N2O2. The van der Waals surface area contributed by atoms with E-state index in [-0.39, 0.29) is 11.9 Å². The van der Waals surface area contributed by atoms with Crippen molar-refractivity contribution < 1.29 is 9.21 Å². The van der Waals surface area contributed by atoms with Crippen LogP contribution in [0, 0.1) is 5.92 Å². The fourth-order valence-electron chi connectivity index (χ4n) is 4.25. The number of piperidine rings is 3. The molecular weight excluding hydrogens is 300 g/mol. The molecule has 0 radical (unpaired) electrons. The first-order valence-corrected chi connectivity index (χ1v) is 8.72. The third-order valence-electron chi connectivity index (χ3n) is 5.61. The molecule has 3 aromatic rings. The van der Waals surface area contributed by atoms with Crippen molar-refractivity contribution in [2.24, 2.45) is 5.92 Å². The summed E-state index contributed by atoms with van der Waals surface area (Å²) in [6.45, 7) is 3.32. The molecule has 0 aliphatic carbocycles. The Hall–Kier alpha value is -2.33. The Morgan fingerprint density at radius 3 is 2.67 bits per heavy atom. The molecule has 4 heteroatoms. The van der Waals surface area contributed by atoms with E-state index in [1.165, 1.54) is 25.9 Å². The van der Waals surface area contributed by atoms with E-state index in [2.05, 4.69) is 22.3 Å². The SMILES string of the molecule is O=C(NC1CN2CCC1CC2)c1cc2ccc3ccccc3c2o1. The van der Waals surface area contributed by atoms with E-state index >= 15 is 0 Å². The van der Waals surface area contributed by atoms with Crippen LogP contribution in [0.3, 0.4) is 0 Å².